The molecular weight excluding hydrogens is 341 g/mol. The number of benzene rings is 1. The zero-order valence-corrected chi connectivity index (χ0v) is 13.7. The van der Waals surface area contributed by atoms with Gasteiger partial charge in [-0.1, -0.05) is 34.8 Å². The largest absolute Gasteiger partial charge is 0.482 e. The minimum atomic E-state index is -0.289. The molecule has 1 rings (SSSR count). The van der Waals surface area contributed by atoms with Gasteiger partial charge in [0.05, 0.1) is 28.3 Å². The number of hydrogen-bond donors (Lipinski definition) is 1. The highest BCUT2D eigenvalue weighted by Crippen LogP contribution is 2.33. The summed E-state index contributed by atoms with van der Waals surface area (Å²) >= 11 is 17.6. The second kappa shape index (κ2) is 9.33. The molecule has 1 aromatic carbocycles. The van der Waals surface area contributed by atoms with Crippen molar-refractivity contribution in [1.82, 2.24) is 4.90 Å². The predicted molar refractivity (Wildman–Crippen MR) is 82.5 cm³/mol. The van der Waals surface area contributed by atoms with Crippen molar-refractivity contribution in [3.05, 3.63) is 27.2 Å². The smallest absolute Gasteiger partial charge is 0.260 e. The van der Waals surface area contributed by atoms with E-state index in [2.05, 4.69) is 0 Å². The van der Waals surface area contributed by atoms with Gasteiger partial charge in [-0.3, -0.25) is 4.79 Å². The van der Waals surface area contributed by atoms with Gasteiger partial charge in [0.25, 0.3) is 5.91 Å². The molecule has 0 aliphatic heterocycles. The van der Waals surface area contributed by atoms with E-state index >= 15 is 0 Å². The van der Waals surface area contributed by atoms with Gasteiger partial charge < -0.3 is 19.5 Å². The van der Waals surface area contributed by atoms with Crippen molar-refractivity contribution in [2.24, 2.45) is 0 Å². The average Bonchev–Trinajstić information content (AvgIpc) is 2.45. The Morgan fingerprint density at radius 1 is 1.19 bits per heavy atom. The van der Waals surface area contributed by atoms with Crippen LogP contribution in [0.4, 0.5) is 0 Å². The molecule has 8 heteroatoms. The molecule has 1 N–H and O–H groups in total. The van der Waals surface area contributed by atoms with Crippen molar-refractivity contribution in [2.75, 3.05) is 40.0 Å². The lowest BCUT2D eigenvalue weighted by molar-refractivity contribution is -0.134. The molecule has 0 aliphatic rings. The number of rotatable bonds is 8. The van der Waals surface area contributed by atoms with Crippen LogP contribution >= 0.6 is 34.8 Å². The number of aliphatic hydroxyl groups is 1. The summed E-state index contributed by atoms with van der Waals surface area (Å²) < 4.78 is 10.3. The number of halogens is 3. The molecule has 0 radical (unpaired) electrons. The maximum atomic E-state index is 12.0. The summed E-state index contributed by atoms with van der Waals surface area (Å²) in [6.07, 6.45) is 0. The van der Waals surface area contributed by atoms with Crippen LogP contribution in [0.2, 0.25) is 15.1 Å². The van der Waals surface area contributed by atoms with E-state index in [4.69, 9.17) is 49.4 Å². The van der Waals surface area contributed by atoms with Crippen LogP contribution in [-0.2, 0) is 9.53 Å². The van der Waals surface area contributed by atoms with Gasteiger partial charge in [0.15, 0.2) is 6.61 Å². The van der Waals surface area contributed by atoms with Gasteiger partial charge in [-0.25, -0.2) is 0 Å². The van der Waals surface area contributed by atoms with E-state index < -0.39 is 0 Å². The van der Waals surface area contributed by atoms with E-state index in [1.807, 2.05) is 0 Å². The second-order valence-corrected chi connectivity index (χ2v) is 5.30. The molecular formula is C13H16Cl3NO4. The number of nitrogens with zero attached hydrogens (tertiary/aromatic N) is 1. The van der Waals surface area contributed by atoms with Gasteiger partial charge in [0, 0.05) is 26.3 Å². The standard InChI is InChI=1S/C13H16Cl3NO4/c1-20-5-3-17(2-4-18)13(19)8-21-12-7-10(15)9(14)6-11(12)16/h6-7,18H,2-5,8H2,1H3. The topological polar surface area (TPSA) is 59.0 Å². The zero-order chi connectivity index (χ0) is 15.8. The van der Waals surface area contributed by atoms with Gasteiger partial charge in [-0.05, 0) is 6.07 Å². The van der Waals surface area contributed by atoms with Crippen LogP contribution in [0.5, 0.6) is 5.75 Å². The summed E-state index contributed by atoms with van der Waals surface area (Å²) in [5, 5.41) is 9.81. The summed E-state index contributed by atoms with van der Waals surface area (Å²) in [4.78, 5) is 13.4. The fourth-order valence-electron chi connectivity index (χ4n) is 1.53. The van der Waals surface area contributed by atoms with Gasteiger partial charge in [-0.2, -0.15) is 0 Å². The van der Waals surface area contributed by atoms with Crippen molar-refractivity contribution in [1.29, 1.82) is 0 Å². The number of ether oxygens (including phenoxy) is 2. The van der Waals surface area contributed by atoms with Crippen molar-refractivity contribution < 1.29 is 19.4 Å². The SMILES string of the molecule is COCCN(CCO)C(=O)COc1cc(Cl)c(Cl)cc1Cl. The molecule has 5 nitrogen and oxygen atoms in total. The maximum Gasteiger partial charge on any atom is 0.260 e. The van der Waals surface area contributed by atoms with Crippen molar-refractivity contribution in [2.45, 2.75) is 0 Å². The number of carbonyl (C=O) groups is 1. The Balaban J connectivity index is 2.64. The van der Waals surface area contributed by atoms with Gasteiger partial charge in [-0.15, -0.1) is 0 Å². The number of methoxy groups -OCH3 is 1. The Morgan fingerprint density at radius 3 is 2.48 bits per heavy atom. The van der Waals surface area contributed by atoms with Crippen LogP contribution in [0.25, 0.3) is 0 Å². The molecule has 0 fully saturated rings. The van der Waals surface area contributed by atoms with Gasteiger partial charge >= 0.3 is 0 Å². The van der Waals surface area contributed by atoms with E-state index in [0.717, 1.165) is 0 Å². The first-order chi connectivity index (χ1) is 9.99. The molecule has 0 aromatic heterocycles. The Hall–Kier alpha value is -0.720. The van der Waals surface area contributed by atoms with E-state index in [-0.39, 0.29) is 41.5 Å². The Morgan fingerprint density at radius 2 is 1.86 bits per heavy atom. The fourth-order valence-corrected chi connectivity index (χ4v) is 2.12. The number of carbonyl (C=O) groups excluding carboxylic acids is 1. The lowest BCUT2D eigenvalue weighted by atomic mass is 10.3. The van der Waals surface area contributed by atoms with Crippen molar-refractivity contribution >= 4 is 40.7 Å². The highest BCUT2D eigenvalue weighted by Gasteiger charge is 2.15. The van der Waals surface area contributed by atoms with E-state index in [1.165, 1.54) is 24.1 Å². The molecule has 0 atom stereocenters. The van der Waals surface area contributed by atoms with Crippen molar-refractivity contribution in [3.8, 4) is 5.75 Å². The quantitative estimate of drug-likeness (QED) is 0.727. The Labute approximate surface area is 138 Å². The molecule has 0 saturated carbocycles. The average molecular weight is 357 g/mol. The lowest BCUT2D eigenvalue weighted by Gasteiger charge is -2.21. The van der Waals surface area contributed by atoms with Gasteiger partial charge in [0.1, 0.15) is 5.75 Å². The summed E-state index contributed by atoms with van der Waals surface area (Å²) in [5.41, 5.74) is 0. The highest BCUT2D eigenvalue weighted by atomic mass is 35.5. The molecule has 0 bridgehead atoms. The lowest BCUT2D eigenvalue weighted by Crippen LogP contribution is -2.39. The summed E-state index contributed by atoms with van der Waals surface area (Å²) in [6.45, 7) is 0.596. The number of aliphatic hydroxyl groups excluding tert-OH is 1. The third-order valence-corrected chi connectivity index (χ3v) is 3.63. The van der Waals surface area contributed by atoms with Crippen LogP contribution in [0.1, 0.15) is 0 Å². The first kappa shape index (κ1) is 18.3. The molecule has 118 valence electrons. The van der Waals surface area contributed by atoms with Crippen molar-refractivity contribution in [3.63, 3.8) is 0 Å². The number of hydrogen-bond acceptors (Lipinski definition) is 4. The van der Waals surface area contributed by atoms with Crippen LogP contribution < -0.4 is 4.74 Å². The van der Waals surface area contributed by atoms with E-state index in [0.29, 0.717) is 18.2 Å². The summed E-state index contributed by atoms with van der Waals surface area (Å²) in [5.74, 6) is -0.0154. The minimum Gasteiger partial charge on any atom is -0.482 e. The third kappa shape index (κ3) is 5.88. The van der Waals surface area contributed by atoms with E-state index in [1.54, 1.807) is 0 Å². The monoisotopic (exact) mass is 355 g/mol. The Kier molecular flexibility index (Phi) is 8.14. The molecule has 0 saturated heterocycles. The van der Waals surface area contributed by atoms with Crippen LogP contribution in [0.15, 0.2) is 12.1 Å². The second-order valence-electron chi connectivity index (χ2n) is 4.08. The summed E-state index contributed by atoms with van der Waals surface area (Å²) in [7, 11) is 1.54. The van der Waals surface area contributed by atoms with Crippen LogP contribution in [0, 0.1) is 0 Å². The normalized spacial score (nSPS) is 10.5. The minimum absolute atomic E-state index is 0.136. The Bertz CT molecular complexity index is 485. The fraction of sp³-hybridized carbons (Fsp3) is 0.462. The molecule has 0 unspecified atom stereocenters. The number of amides is 1. The molecule has 1 amide bonds. The van der Waals surface area contributed by atoms with E-state index in [9.17, 15) is 4.79 Å². The molecule has 0 spiro atoms. The van der Waals surface area contributed by atoms with Gasteiger partial charge in [0.2, 0.25) is 0 Å². The zero-order valence-electron chi connectivity index (χ0n) is 11.4. The van der Waals surface area contributed by atoms with Crippen LogP contribution in [0.3, 0.4) is 0 Å². The third-order valence-electron chi connectivity index (χ3n) is 2.61. The highest BCUT2D eigenvalue weighted by molar-refractivity contribution is 6.43. The summed E-state index contributed by atoms with van der Waals surface area (Å²) in [6, 6.07) is 2.90. The molecule has 21 heavy (non-hydrogen) atoms. The first-order valence-corrected chi connectivity index (χ1v) is 7.28. The molecule has 0 heterocycles. The maximum absolute atomic E-state index is 12.0. The molecule has 1 aromatic rings. The van der Waals surface area contributed by atoms with Crippen LogP contribution in [-0.4, -0.2) is 55.9 Å². The first-order valence-electron chi connectivity index (χ1n) is 6.14. The predicted octanol–water partition coefficient (Wildman–Crippen LogP) is 2.49. The molecule has 0 aliphatic carbocycles.